The molecule has 5 nitrogen and oxygen atoms in total. The SMILES string of the molecule is Cc1cccc(NC2=C(c3ccccc3)C(=O)N(c3ccc(OCC(C)C)cc3)C2=O)c1C. The summed E-state index contributed by atoms with van der Waals surface area (Å²) >= 11 is 0. The number of rotatable bonds is 7. The molecule has 0 aliphatic carbocycles. The quantitative estimate of drug-likeness (QED) is 0.476. The lowest BCUT2D eigenvalue weighted by Gasteiger charge is -2.17. The second-order valence-corrected chi connectivity index (χ2v) is 8.63. The second-order valence-electron chi connectivity index (χ2n) is 8.63. The van der Waals surface area contributed by atoms with Crippen molar-refractivity contribution in [1.29, 1.82) is 0 Å². The van der Waals surface area contributed by atoms with Gasteiger partial charge in [0.25, 0.3) is 11.8 Å². The third-order valence-corrected chi connectivity index (χ3v) is 5.69. The molecule has 1 heterocycles. The first-order chi connectivity index (χ1) is 15.9. The number of benzene rings is 3. The molecule has 0 saturated carbocycles. The zero-order chi connectivity index (χ0) is 23.5. The minimum Gasteiger partial charge on any atom is -0.493 e. The third-order valence-electron chi connectivity index (χ3n) is 5.69. The molecule has 0 atom stereocenters. The van der Waals surface area contributed by atoms with E-state index >= 15 is 0 Å². The molecule has 2 amide bonds. The summed E-state index contributed by atoms with van der Waals surface area (Å²) in [6.07, 6.45) is 0. The molecule has 3 aromatic rings. The van der Waals surface area contributed by atoms with Crippen molar-refractivity contribution in [2.75, 3.05) is 16.8 Å². The average molecular weight is 441 g/mol. The molecule has 33 heavy (non-hydrogen) atoms. The maximum absolute atomic E-state index is 13.6. The number of nitrogens with one attached hydrogen (secondary N) is 1. The molecule has 4 rings (SSSR count). The Balaban J connectivity index is 1.71. The molecule has 0 aromatic heterocycles. The molecular formula is C28H28N2O3. The number of nitrogens with zero attached hydrogens (tertiary/aromatic N) is 1. The van der Waals surface area contributed by atoms with Crippen molar-refractivity contribution in [3.8, 4) is 5.75 Å². The van der Waals surface area contributed by atoms with Gasteiger partial charge in [-0.3, -0.25) is 9.59 Å². The Kier molecular flexibility index (Phi) is 6.31. The monoisotopic (exact) mass is 440 g/mol. The lowest BCUT2D eigenvalue weighted by molar-refractivity contribution is -0.120. The van der Waals surface area contributed by atoms with Crippen molar-refractivity contribution in [2.45, 2.75) is 27.7 Å². The fourth-order valence-corrected chi connectivity index (χ4v) is 3.73. The predicted octanol–water partition coefficient (Wildman–Crippen LogP) is 5.73. The number of carbonyl (C=O) groups excluding carboxylic acids is 2. The van der Waals surface area contributed by atoms with Crippen molar-refractivity contribution in [3.05, 3.63) is 95.2 Å². The van der Waals surface area contributed by atoms with Crippen LogP contribution in [-0.4, -0.2) is 18.4 Å². The molecule has 1 aliphatic heterocycles. The Morgan fingerprint density at radius 1 is 0.848 bits per heavy atom. The molecule has 3 aromatic carbocycles. The van der Waals surface area contributed by atoms with E-state index in [1.54, 1.807) is 24.3 Å². The van der Waals surface area contributed by atoms with Crippen LogP contribution < -0.4 is 15.0 Å². The van der Waals surface area contributed by atoms with Crippen LogP contribution in [-0.2, 0) is 9.59 Å². The Hall–Kier alpha value is -3.86. The zero-order valence-electron chi connectivity index (χ0n) is 19.4. The van der Waals surface area contributed by atoms with Gasteiger partial charge in [-0.15, -0.1) is 0 Å². The minimum absolute atomic E-state index is 0.278. The van der Waals surface area contributed by atoms with Crippen LogP contribution in [0.2, 0.25) is 0 Å². The molecule has 0 radical (unpaired) electrons. The standard InChI is InChI=1S/C28H28N2O3/c1-18(2)17-33-23-15-13-22(14-16-23)30-27(31)25(21-10-6-5-7-11-21)26(28(30)32)29-24-12-8-9-19(3)20(24)4/h5-16,18,29H,17H2,1-4H3. The van der Waals surface area contributed by atoms with Gasteiger partial charge < -0.3 is 10.1 Å². The summed E-state index contributed by atoms with van der Waals surface area (Å²) in [6, 6.07) is 22.2. The molecule has 1 aliphatic rings. The topological polar surface area (TPSA) is 58.6 Å². The van der Waals surface area contributed by atoms with Crippen molar-refractivity contribution in [3.63, 3.8) is 0 Å². The smallest absolute Gasteiger partial charge is 0.282 e. The van der Waals surface area contributed by atoms with Gasteiger partial charge in [-0.1, -0.05) is 56.3 Å². The van der Waals surface area contributed by atoms with E-state index in [0.717, 1.165) is 16.8 Å². The maximum atomic E-state index is 13.6. The van der Waals surface area contributed by atoms with E-state index in [0.29, 0.717) is 35.1 Å². The van der Waals surface area contributed by atoms with Gasteiger partial charge in [0.2, 0.25) is 0 Å². The van der Waals surface area contributed by atoms with E-state index in [1.807, 2.05) is 62.4 Å². The first kappa shape index (κ1) is 22.3. The first-order valence-corrected chi connectivity index (χ1v) is 11.1. The van der Waals surface area contributed by atoms with Gasteiger partial charge in [0.1, 0.15) is 11.4 Å². The minimum atomic E-state index is -0.379. The Bertz CT molecular complexity index is 1210. The largest absolute Gasteiger partial charge is 0.493 e. The van der Waals surface area contributed by atoms with Gasteiger partial charge in [-0.25, -0.2) is 4.90 Å². The van der Waals surface area contributed by atoms with Crippen LogP contribution >= 0.6 is 0 Å². The number of hydrogen-bond acceptors (Lipinski definition) is 4. The fourth-order valence-electron chi connectivity index (χ4n) is 3.73. The molecule has 0 unspecified atom stereocenters. The van der Waals surface area contributed by atoms with Crippen LogP contribution in [0, 0.1) is 19.8 Å². The highest BCUT2D eigenvalue weighted by Gasteiger charge is 2.40. The Morgan fingerprint density at radius 3 is 2.21 bits per heavy atom. The summed E-state index contributed by atoms with van der Waals surface area (Å²) < 4.78 is 5.74. The second kappa shape index (κ2) is 9.33. The Labute approximate surface area is 194 Å². The molecular weight excluding hydrogens is 412 g/mol. The zero-order valence-corrected chi connectivity index (χ0v) is 19.4. The summed E-state index contributed by atoms with van der Waals surface area (Å²) in [7, 11) is 0. The van der Waals surface area contributed by atoms with E-state index in [1.165, 1.54) is 4.90 Å². The van der Waals surface area contributed by atoms with Crippen LogP contribution in [0.4, 0.5) is 11.4 Å². The average Bonchev–Trinajstić information content (AvgIpc) is 3.05. The number of amides is 2. The highest BCUT2D eigenvalue weighted by Crippen LogP contribution is 2.35. The molecule has 0 fully saturated rings. The summed E-state index contributed by atoms with van der Waals surface area (Å²) in [5.41, 5.74) is 4.78. The first-order valence-electron chi connectivity index (χ1n) is 11.1. The summed E-state index contributed by atoms with van der Waals surface area (Å²) in [5.74, 6) is 0.379. The number of imide groups is 1. The molecule has 1 N–H and O–H groups in total. The van der Waals surface area contributed by atoms with Gasteiger partial charge in [0, 0.05) is 5.69 Å². The van der Waals surface area contributed by atoms with Crippen molar-refractivity contribution >= 4 is 28.8 Å². The number of ether oxygens (including phenoxy) is 1. The van der Waals surface area contributed by atoms with Gasteiger partial charge in [0.05, 0.1) is 17.9 Å². The highest BCUT2D eigenvalue weighted by molar-refractivity contribution is 6.46. The number of hydrogen-bond donors (Lipinski definition) is 1. The van der Waals surface area contributed by atoms with Crippen LogP contribution in [0.15, 0.2) is 78.5 Å². The van der Waals surface area contributed by atoms with E-state index in [2.05, 4.69) is 19.2 Å². The van der Waals surface area contributed by atoms with Gasteiger partial charge in [-0.2, -0.15) is 0 Å². The van der Waals surface area contributed by atoms with Crippen LogP contribution in [0.5, 0.6) is 5.75 Å². The van der Waals surface area contributed by atoms with Crippen LogP contribution in [0.3, 0.4) is 0 Å². The van der Waals surface area contributed by atoms with E-state index in [-0.39, 0.29) is 17.5 Å². The van der Waals surface area contributed by atoms with Gasteiger partial charge >= 0.3 is 0 Å². The van der Waals surface area contributed by atoms with Crippen LogP contribution in [0.25, 0.3) is 5.57 Å². The van der Waals surface area contributed by atoms with Crippen molar-refractivity contribution in [2.24, 2.45) is 5.92 Å². The normalized spacial score (nSPS) is 13.8. The maximum Gasteiger partial charge on any atom is 0.282 e. The summed E-state index contributed by atoms with van der Waals surface area (Å²) in [5, 5.41) is 3.27. The van der Waals surface area contributed by atoms with E-state index in [9.17, 15) is 9.59 Å². The molecule has 5 heteroatoms. The molecule has 0 saturated heterocycles. The number of carbonyl (C=O) groups is 2. The fraction of sp³-hybridized carbons (Fsp3) is 0.214. The van der Waals surface area contributed by atoms with E-state index in [4.69, 9.17) is 4.74 Å². The number of anilines is 2. The van der Waals surface area contributed by atoms with Crippen molar-refractivity contribution in [1.82, 2.24) is 0 Å². The van der Waals surface area contributed by atoms with Gasteiger partial charge in [0.15, 0.2) is 0 Å². The predicted molar refractivity (Wildman–Crippen MR) is 132 cm³/mol. The summed E-state index contributed by atoms with van der Waals surface area (Å²) in [6.45, 7) is 8.78. The van der Waals surface area contributed by atoms with Crippen LogP contribution in [0.1, 0.15) is 30.5 Å². The van der Waals surface area contributed by atoms with E-state index < -0.39 is 0 Å². The lowest BCUT2D eigenvalue weighted by atomic mass is 10.0. The molecule has 168 valence electrons. The summed E-state index contributed by atoms with van der Waals surface area (Å²) in [4.78, 5) is 28.3. The Morgan fingerprint density at radius 2 is 1.55 bits per heavy atom. The highest BCUT2D eigenvalue weighted by atomic mass is 16.5. The third kappa shape index (κ3) is 4.53. The van der Waals surface area contributed by atoms with Crippen molar-refractivity contribution < 1.29 is 14.3 Å². The van der Waals surface area contributed by atoms with Gasteiger partial charge in [-0.05, 0) is 66.8 Å². The lowest BCUT2D eigenvalue weighted by Crippen LogP contribution is -2.32. The molecule has 0 spiro atoms. The molecule has 0 bridgehead atoms. The number of aryl methyl sites for hydroxylation is 1.